The smallest absolute Gasteiger partial charge is 0.314 e. The summed E-state index contributed by atoms with van der Waals surface area (Å²) in [5.74, 6) is -0.608. The van der Waals surface area contributed by atoms with Crippen LogP contribution in [-0.2, 0) is 15.0 Å². The summed E-state index contributed by atoms with van der Waals surface area (Å²) in [6.45, 7) is 3.59. The van der Waals surface area contributed by atoms with E-state index in [1.807, 2.05) is 13.0 Å². The maximum absolute atomic E-state index is 12.1. The lowest BCUT2D eigenvalue weighted by atomic mass is 9.79. The van der Waals surface area contributed by atoms with Crippen molar-refractivity contribution in [2.24, 2.45) is 5.92 Å². The van der Waals surface area contributed by atoms with Gasteiger partial charge in [-0.25, -0.2) is 0 Å². The Morgan fingerprint density at radius 1 is 1.35 bits per heavy atom. The van der Waals surface area contributed by atoms with Crippen LogP contribution in [0.3, 0.4) is 0 Å². The number of carboxylic acid groups (broad SMARTS) is 1. The van der Waals surface area contributed by atoms with E-state index in [0.717, 1.165) is 12.8 Å². The molecule has 2 unspecified atom stereocenters. The van der Waals surface area contributed by atoms with E-state index in [1.165, 1.54) is 0 Å². The lowest BCUT2D eigenvalue weighted by molar-refractivity contribution is -0.145. The summed E-state index contributed by atoms with van der Waals surface area (Å²) >= 11 is 0. The van der Waals surface area contributed by atoms with Crippen molar-refractivity contribution in [2.45, 2.75) is 44.6 Å². The lowest BCUT2D eigenvalue weighted by Crippen LogP contribution is -2.42. The maximum Gasteiger partial charge on any atom is 0.314 e. The maximum atomic E-state index is 12.1. The minimum absolute atomic E-state index is 0.0383. The topological polar surface area (TPSA) is 66.4 Å². The van der Waals surface area contributed by atoms with Crippen LogP contribution in [0.2, 0.25) is 0 Å². The van der Waals surface area contributed by atoms with Crippen molar-refractivity contribution < 1.29 is 14.7 Å². The third-order valence-corrected chi connectivity index (χ3v) is 4.11. The van der Waals surface area contributed by atoms with Crippen LogP contribution in [0.5, 0.6) is 0 Å². The molecule has 2 rings (SSSR count). The van der Waals surface area contributed by atoms with Crippen LogP contribution in [0, 0.1) is 5.92 Å². The van der Waals surface area contributed by atoms with E-state index in [2.05, 4.69) is 5.32 Å². The van der Waals surface area contributed by atoms with E-state index >= 15 is 0 Å². The van der Waals surface area contributed by atoms with Gasteiger partial charge in [0, 0.05) is 12.5 Å². The van der Waals surface area contributed by atoms with Crippen LogP contribution >= 0.6 is 0 Å². The van der Waals surface area contributed by atoms with E-state index < -0.39 is 11.4 Å². The minimum Gasteiger partial charge on any atom is -0.481 e. The molecule has 0 bridgehead atoms. The Kier molecular flexibility index (Phi) is 4.12. The summed E-state index contributed by atoms with van der Waals surface area (Å²) in [4.78, 5) is 23.7. The summed E-state index contributed by atoms with van der Waals surface area (Å²) in [6, 6.07) is 9.07. The Hall–Kier alpha value is -1.84. The number of hydrogen-bond donors (Lipinski definition) is 2. The van der Waals surface area contributed by atoms with Gasteiger partial charge in [-0.1, -0.05) is 30.3 Å². The molecule has 0 saturated heterocycles. The molecule has 1 aliphatic carbocycles. The predicted octanol–water partition coefficient (Wildman–Crippen LogP) is 2.33. The first-order valence-corrected chi connectivity index (χ1v) is 7.02. The van der Waals surface area contributed by atoms with E-state index in [1.54, 1.807) is 31.2 Å². The van der Waals surface area contributed by atoms with Crippen LogP contribution in [0.25, 0.3) is 0 Å². The fourth-order valence-corrected chi connectivity index (χ4v) is 2.45. The predicted molar refractivity (Wildman–Crippen MR) is 76.4 cm³/mol. The fraction of sp³-hybridized carbons (Fsp3) is 0.500. The van der Waals surface area contributed by atoms with Gasteiger partial charge in [-0.05, 0) is 38.2 Å². The molecule has 1 saturated carbocycles. The Morgan fingerprint density at radius 2 is 1.95 bits per heavy atom. The monoisotopic (exact) mass is 275 g/mol. The number of nitrogens with one attached hydrogen (secondary N) is 1. The first-order valence-electron chi connectivity index (χ1n) is 7.02. The van der Waals surface area contributed by atoms with Gasteiger partial charge in [0.25, 0.3) is 0 Å². The van der Waals surface area contributed by atoms with E-state index in [-0.39, 0.29) is 18.4 Å². The Bertz CT molecular complexity index is 496. The average Bonchev–Trinajstić information content (AvgIpc) is 3.23. The molecule has 0 radical (unpaired) electrons. The van der Waals surface area contributed by atoms with Crippen molar-refractivity contribution in [3.05, 3.63) is 35.9 Å². The van der Waals surface area contributed by atoms with Crippen LogP contribution in [0.1, 0.15) is 38.7 Å². The second-order valence-corrected chi connectivity index (χ2v) is 5.87. The van der Waals surface area contributed by atoms with E-state index in [0.29, 0.717) is 11.5 Å². The zero-order chi connectivity index (χ0) is 14.8. The third kappa shape index (κ3) is 3.18. The molecule has 20 heavy (non-hydrogen) atoms. The van der Waals surface area contributed by atoms with Gasteiger partial charge >= 0.3 is 5.97 Å². The van der Waals surface area contributed by atoms with Gasteiger partial charge in [-0.3, -0.25) is 9.59 Å². The molecule has 0 heterocycles. The van der Waals surface area contributed by atoms with Crippen molar-refractivity contribution in [3.63, 3.8) is 0 Å². The molecule has 4 nitrogen and oxygen atoms in total. The van der Waals surface area contributed by atoms with E-state index in [9.17, 15) is 14.7 Å². The molecule has 1 aromatic rings. The number of amides is 1. The molecule has 2 atom stereocenters. The summed E-state index contributed by atoms with van der Waals surface area (Å²) in [5, 5.41) is 12.4. The van der Waals surface area contributed by atoms with Gasteiger partial charge in [-0.15, -0.1) is 0 Å². The van der Waals surface area contributed by atoms with Crippen molar-refractivity contribution >= 4 is 11.9 Å². The van der Waals surface area contributed by atoms with Crippen LogP contribution in [0.4, 0.5) is 0 Å². The Labute approximate surface area is 119 Å². The van der Waals surface area contributed by atoms with E-state index in [4.69, 9.17) is 0 Å². The summed E-state index contributed by atoms with van der Waals surface area (Å²) in [5.41, 5.74) is -0.532. The average molecular weight is 275 g/mol. The Morgan fingerprint density at radius 3 is 2.45 bits per heavy atom. The molecule has 0 aromatic heterocycles. The van der Waals surface area contributed by atoms with Gasteiger partial charge in [0.1, 0.15) is 0 Å². The molecule has 4 heteroatoms. The number of hydrogen-bond acceptors (Lipinski definition) is 2. The lowest BCUT2D eigenvalue weighted by Gasteiger charge is -2.25. The van der Waals surface area contributed by atoms with Crippen LogP contribution < -0.4 is 5.32 Å². The van der Waals surface area contributed by atoms with Gasteiger partial charge in [0.15, 0.2) is 0 Å². The molecule has 1 aliphatic rings. The summed E-state index contributed by atoms with van der Waals surface area (Å²) in [7, 11) is 0. The van der Waals surface area contributed by atoms with Gasteiger partial charge in [0.2, 0.25) is 5.91 Å². The molecule has 1 amide bonds. The molecule has 0 aliphatic heterocycles. The first-order chi connectivity index (χ1) is 9.43. The number of rotatable bonds is 6. The zero-order valence-corrected chi connectivity index (χ0v) is 11.9. The fourth-order valence-electron chi connectivity index (χ4n) is 2.45. The molecule has 1 fully saturated rings. The summed E-state index contributed by atoms with van der Waals surface area (Å²) < 4.78 is 0. The summed E-state index contributed by atoms with van der Waals surface area (Å²) in [6.07, 6.45) is 2.26. The highest BCUT2D eigenvalue weighted by molar-refractivity contribution is 5.89. The van der Waals surface area contributed by atoms with Crippen molar-refractivity contribution in [3.8, 4) is 0 Å². The standard InChI is InChI=1S/C16H21NO3/c1-11(12-8-9-12)17-14(18)10-16(2,15(19)20)13-6-4-3-5-7-13/h3-7,11-12H,8-10H2,1-2H3,(H,17,18)(H,19,20). The normalized spacial score (nSPS) is 18.9. The van der Waals surface area contributed by atoms with Crippen molar-refractivity contribution in [1.82, 2.24) is 5.32 Å². The molecule has 2 N–H and O–H groups in total. The zero-order valence-electron chi connectivity index (χ0n) is 11.9. The number of carboxylic acids is 1. The molecule has 1 aromatic carbocycles. The second-order valence-electron chi connectivity index (χ2n) is 5.87. The van der Waals surface area contributed by atoms with Crippen molar-refractivity contribution in [1.29, 1.82) is 0 Å². The SMILES string of the molecule is CC(NC(=O)CC(C)(C(=O)O)c1ccccc1)C1CC1. The molecular weight excluding hydrogens is 254 g/mol. The Balaban J connectivity index is 2.09. The van der Waals surface area contributed by atoms with Gasteiger partial charge < -0.3 is 10.4 Å². The minimum atomic E-state index is -1.19. The molecular formula is C16H21NO3. The third-order valence-electron chi connectivity index (χ3n) is 4.11. The van der Waals surface area contributed by atoms with Crippen molar-refractivity contribution in [2.75, 3.05) is 0 Å². The number of aliphatic carboxylic acids is 1. The highest BCUT2D eigenvalue weighted by atomic mass is 16.4. The number of carbonyl (C=O) groups excluding carboxylic acids is 1. The van der Waals surface area contributed by atoms with Crippen LogP contribution in [-0.4, -0.2) is 23.0 Å². The van der Waals surface area contributed by atoms with Gasteiger partial charge in [0.05, 0.1) is 5.41 Å². The number of carbonyl (C=O) groups is 2. The largest absolute Gasteiger partial charge is 0.481 e. The number of benzene rings is 1. The highest BCUT2D eigenvalue weighted by Gasteiger charge is 2.38. The van der Waals surface area contributed by atoms with Crippen LogP contribution in [0.15, 0.2) is 30.3 Å². The second kappa shape index (κ2) is 5.65. The molecule has 108 valence electrons. The first kappa shape index (κ1) is 14.6. The molecule has 0 spiro atoms. The van der Waals surface area contributed by atoms with Gasteiger partial charge in [-0.2, -0.15) is 0 Å². The highest BCUT2D eigenvalue weighted by Crippen LogP contribution is 2.33. The quantitative estimate of drug-likeness (QED) is 0.837.